The van der Waals surface area contributed by atoms with E-state index in [-0.39, 0.29) is 22.3 Å². The molecule has 0 unspecified atom stereocenters. The van der Waals surface area contributed by atoms with Crippen LogP contribution in [-0.4, -0.2) is 36.9 Å². The number of anilines is 2. The van der Waals surface area contributed by atoms with Crippen LogP contribution < -0.4 is 15.8 Å². The molecule has 2 rings (SSSR count). The molecule has 1 heterocycles. The van der Waals surface area contributed by atoms with Crippen molar-refractivity contribution in [3.63, 3.8) is 0 Å². The second-order valence-corrected chi connectivity index (χ2v) is 6.77. The summed E-state index contributed by atoms with van der Waals surface area (Å²) in [6.45, 7) is -0.183. The number of nitrogens with zero attached hydrogens (tertiary/aromatic N) is 1. The van der Waals surface area contributed by atoms with Gasteiger partial charge in [-0.05, 0) is 24.3 Å². The number of nitrogens with one attached hydrogen (secondary N) is 2. The van der Waals surface area contributed by atoms with E-state index >= 15 is 0 Å². The van der Waals surface area contributed by atoms with Crippen molar-refractivity contribution in [3.05, 3.63) is 35.3 Å². The van der Waals surface area contributed by atoms with E-state index in [0.29, 0.717) is 5.69 Å². The second-order valence-electron chi connectivity index (χ2n) is 4.23. The first-order valence-corrected chi connectivity index (χ1v) is 8.50. The zero-order chi connectivity index (χ0) is 17.0. The zero-order valence-electron chi connectivity index (χ0n) is 11.5. The smallest absolute Gasteiger partial charge is 0.355 e. The largest absolute Gasteiger partial charge is 0.476 e. The Kier molecular flexibility index (Phi) is 4.93. The maximum absolute atomic E-state index is 12.2. The molecular weight excluding hydrogens is 344 g/mol. The summed E-state index contributed by atoms with van der Waals surface area (Å²) in [6.07, 6.45) is 0. The van der Waals surface area contributed by atoms with E-state index in [2.05, 4.69) is 15.0 Å². The Bertz CT molecular complexity index is 829. The quantitative estimate of drug-likeness (QED) is 0.589. The van der Waals surface area contributed by atoms with Crippen molar-refractivity contribution in [3.8, 4) is 0 Å². The predicted octanol–water partition coefficient (Wildman–Crippen LogP) is 0.539. The van der Waals surface area contributed by atoms with Crippen molar-refractivity contribution >= 4 is 44.1 Å². The number of carboxylic acid groups (broad SMARTS) is 1. The van der Waals surface area contributed by atoms with Gasteiger partial charge >= 0.3 is 5.97 Å². The first kappa shape index (κ1) is 16.9. The fraction of sp³-hybridized carbons (Fsp3) is 0.0833. The van der Waals surface area contributed by atoms with Crippen LogP contribution in [0, 0.1) is 0 Å². The minimum Gasteiger partial charge on any atom is -0.476 e. The highest BCUT2D eigenvalue weighted by atomic mass is 32.2. The van der Waals surface area contributed by atoms with E-state index in [0.717, 1.165) is 11.3 Å². The predicted molar refractivity (Wildman–Crippen MR) is 84.0 cm³/mol. The van der Waals surface area contributed by atoms with Gasteiger partial charge in [-0.15, -0.1) is 11.3 Å². The highest BCUT2D eigenvalue weighted by Crippen LogP contribution is 2.21. The molecule has 0 aliphatic carbocycles. The van der Waals surface area contributed by atoms with Crippen LogP contribution in [0.2, 0.25) is 0 Å². The number of carboxylic acids is 1. The Labute approximate surface area is 135 Å². The number of amides is 1. The Morgan fingerprint density at radius 1 is 1.26 bits per heavy atom. The standard InChI is InChI=1S/C12H12N4O5S2/c13-5-10(17)14-7-1-3-8(4-2-7)23(20,21)16-12-15-9(6-22-12)11(18)19/h1-4,6H,5,13H2,(H,14,17)(H,15,16)(H,18,19). The highest BCUT2D eigenvalue weighted by molar-refractivity contribution is 7.93. The van der Waals surface area contributed by atoms with E-state index in [1.54, 1.807) is 0 Å². The average Bonchev–Trinajstić information content (AvgIpc) is 2.95. The number of hydrogen-bond donors (Lipinski definition) is 4. The van der Waals surface area contributed by atoms with Gasteiger partial charge in [0, 0.05) is 11.1 Å². The van der Waals surface area contributed by atoms with Gasteiger partial charge < -0.3 is 16.2 Å². The second kappa shape index (κ2) is 6.73. The minimum absolute atomic E-state index is 0.0529. The molecule has 1 aromatic heterocycles. The Morgan fingerprint density at radius 3 is 2.43 bits per heavy atom. The van der Waals surface area contributed by atoms with Gasteiger partial charge in [0.15, 0.2) is 10.8 Å². The average molecular weight is 356 g/mol. The zero-order valence-corrected chi connectivity index (χ0v) is 13.1. The maximum atomic E-state index is 12.2. The van der Waals surface area contributed by atoms with Gasteiger partial charge in [0.2, 0.25) is 5.91 Å². The Balaban J connectivity index is 2.15. The third kappa shape index (κ3) is 4.25. The van der Waals surface area contributed by atoms with Gasteiger partial charge in [0.05, 0.1) is 11.4 Å². The fourth-order valence-corrected chi connectivity index (χ4v) is 3.46. The molecule has 9 nitrogen and oxygen atoms in total. The lowest BCUT2D eigenvalue weighted by Gasteiger charge is -2.07. The number of aromatic carboxylic acids is 1. The van der Waals surface area contributed by atoms with Crippen molar-refractivity contribution in [1.82, 2.24) is 4.98 Å². The maximum Gasteiger partial charge on any atom is 0.355 e. The van der Waals surface area contributed by atoms with Crippen molar-refractivity contribution in [1.29, 1.82) is 0 Å². The van der Waals surface area contributed by atoms with Crippen LogP contribution in [0.1, 0.15) is 10.5 Å². The molecule has 0 spiro atoms. The molecule has 0 saturated carbocycles. The van der Waals surface area contributed by atoms with E-state index in [9.17, 15) is 18.0 Å². The van der Waals surface area contributed by atoms with E-state index < -0.39 is 21.9 Å². The monoisotopic (exact) mass is 356 g/mol. The lowest BCUT2D eigenvalue weighted by atomic mass is 10.3. The summed E-state index contributed by atoms with van der Waals surface area (Å²) in [5, 5.41) is 12.4. The third-order valence-electron chi connectivity index (χ3n) is 2.58. The summed E-state index contributed by atoms with van der Waals surface area (Å²) < 4.78 is 26.5. The van der Waals surface area contributed by atoms with Gasteiger partial charge in [-0.2, -0.15) is 0 Å². The van der Waals surface area contributed by atoms with Crippen molar-refractivity contribution in [2.24, 2.45) is 5.73 Å². The van der Waals surface area contributed by atoms with Crippen molar-refractivity contribution in [2.45, 2.75) is 4.90 Å². The van der Waals surface area contributed by atoms with Crippen LogP contribution in [0.3, 0.4) is 0 Å². The van der Waals surface area contributed by atoms with Gasteiger partial charge in [-0.1, -0.05) is 0 Å². The third-order valence-corrected chi connectivity index (χ3v) is 4.82. The summed E-state index contributed by atoms with van der Waals surface area (Å²) in [5.74, 6) is -1.64. The number of nitrogens with two attached hydrogens (primary N) is 1. The molecule has 1 aromatic carbocycles. The number of aromatic nitrogens is 1. The number of benzene rings is 1. The first-order chi connectivity index (χ1) is 10.8. The molecule has 0 fully saturated rings. The molecule has 0 bridgehead atoms. The molecule has 5 N–H and O–H groups in total. The lowest BCUT2D eigenvalue weighted by Crippen LogP contribution is -2.21. The summed E-state index contributed by atoms with van der Waals surface area (Å²) >= 11 is 0.861. The van der Waals surface area contributed by atoms with Gasteiger partial charge in [0.25, 0.3) is 10.0 Å². The van der Waals surface area contributed by atoms with Crippen LogP contribution in [0.15, 0.2) is 34.5 Å². The van der Waals surface area contributed by atoms with Crippen LogP contribution >= 0.6 is 11.3 Å². The molecule has 0 saturated heterocycles. The number of thiazole rings is 1. The molecule has 11 heteroatoms. The highest BCUT2D eigenvalue weighted by Gasteiger charge is 2.17. The Morgan fingerprint density at radius 2 is 1.91 bits per heavy atom. The van der Waals surface area contributed by atoms with Gasteiger partial charge in [0.1, 0.15) is 0 Å². The topological polar surface area (TPSA) is 151 Å². The van der Waals surface area contributed by atoms with Gasteiger partial charge in [-0.25, -0.2) is 18.2 Å². The molecular formula is C12H12N4O5S2. The normalized spacial score (nSPS) is 11.0. The van der Waals surface area contributed by atoms with Gasteiger partial charge in [-0.3, -0.25) is 9.52 Å². The number of hydrogen-bond acceptors (Lipinski definition) is 7. The number of carbonyl (C=O) groups is 2. The fourth-order valence-electron chi connectivity index (χ4n) is 1.52. The molecule has 1 amide bonds. The molecule has 23 heavy (non-hydrogen) atoms. The molecule has 0 atom stereocenters. The summed E-state index contributed by atoms with van der Waals surface area (Å²) in [7, 11) is -3.91. The molecule has 0 radical (unpaired) electrons. The number of sulfonamides is 1. The first-order valence-electron chi connectivity index (χ1n) is 6.13. The van der Waals surface area contributed by atoms with E-state index in [1.807, 2.05) is 0 Å². The van der Waals surface area contributed by atoms with Crippen molar-refractivity contribution in [2.75, 3.05) is 16.6 Å². The lowest BCUT2D eigenvalue weighted by molar-refractivity contribution is -0.114. The van der Waals surface area contributed by atoms with Crippen LogP contribution in [0.4, 0.5) is 10.8 Å². The van der Waals surface area contributed by atoms with Crippen molar-refractivity contribution < 1.29 is 23.1 Å². The molecule has 122 valence electrons. The summed E-state index contributed by atoms with van der Waals surface area (Å²) in [5.41, 5.74) is 5.32. The van der Waals surface area contributed by atoms with Crippen LogP contribution in [0.25, 0.3) is 0 Å². The summed E-state index contributed by atoms with van der Waals surface area (Å²) in [4.78, 5) is 25.5. The minimum atomic E-state index is -3.91. The molecule has 0 aliphatic rings. The van der Waals surface area contributed by atoms with E-state index in [1.165, 1.54) is 29.6 Å². The number of rotatable bonds is 6. The number of carbonyl (C=O) groups excluding carboxylic acids is 1. The molecule has 2 aromatic rings. The SMILES string of the molecule is NCC(=O)Nc1ccc(S(=O)(=O)Nc2nc(C(=O)O)cs2)cc1. The van der Waals surface area contributed by atoms with E-state index in [4.69, 9.17) is 10.8 Å². The van der Waals surface area contributed by atoms with Crippen LogP contribution in [-0.2, 0) is 14.8 Å². The Hall–Kier alpha value is -2.50. The summed E-state index contributed by atoms with van der Waals surface area (Å²) in [6, 6.07) is 5.40. The molecule has 0 aliphatic heterocycles. The van der Waals surface area contributed by atoms with Crippen LogP contribution in [0.5, 0.6) is 0 Å².